The average Bonchev–Trinajstić information content (AvgIpc) is 2.57. The van der Waals surface area contributed by atoms with E-state index < -0.39 is 0 Å². The molecule has 128 valence electrons. The molecule has 3 heteroatoms. The molecular formula is C21H26ClNO. The molecule has 1 unspecified atom stereocenters. The summed E-state index contributed by atoms with van der Waals surface area (Å²) in [6, 6.07) is 17.1. The third-order valence-corrected chi connectivity index (χ3v) is 4.57. The Labute approximate surface area is 151 Å². The van der Waals surface area contributed by atoms with Crippen molar-refractivity contribution in [3.8, 4) is 5.75 Å². The molecule has 0 saturated carbocycles. The summed E-state index contributed by atoms with van der Waals surface area (Å²) in [7, 11) is 6.05. The van der Waals surface area contributed by atoms with E-state index in [2.05, 4.69) is 61.5 Å². The second-order valence-electron chi connectivity index (χ2n) is 6.50. The summed E-state index contributed by atoms with van der Waals surface area (Å²) in [5.74, 6) is 1.50. The van der Waals surface area contributed by atoms with Crippen molar-refractivity contribution in [2.45, 2.75) is 12.8 Å². The Kier molecular flexibility index (Phi) is 6.47. The molecule has 1 aliphatic carbocycles. The maximum Gasteiger partial charge on any atom is 0.126 e. The first-order chi connectivity index (χ1) is 11.2. The van der Waals surface area contributed by atoms with Crippen LogP contribution < -0.4 is 4.74 Å². The summed E-state index contributed by atoms with van der Waals surface area (Å²) in [4.78, 5) is 2.29. The number of hydrogen-bond donors (Lipinski definition) is 0. The number of rotatable bonds is 4. The number of methoxy groups -OCH3 is 1. The molecule has 0 heterocycles. The fourth-order valence-electron chi connectivity index (χ4n) is 3.50. The summed E-state index contributed by atoms with van der Waals surface area (Å²) < 4.78 is 5.54. The van der Waals surface area contributed by atoms with E-state index in [0.717, 1.165) is 24.3 Å². The van der Waals surface area contributed by atoms with Crippen LogP contribution in [0.1, 0.15) is 23.1 Å². The van der Waals surface area contributed by atoms with Gasteiger partial charge in [0.25, 0.3) is 0 Å². The van der Waals surface area contributed by atoms with E-state index in [4.69, 9.17) is 4.74 Å². The second kappa shape index (κ2) is 8.36. The fourth-order valence-corrected chi connectivity index (χ4v) is 3.50. The standard InChI is InChI=1S/C21H25NO.ClH/c1-22(2)15-18-13-12-16-8-4-6-10-19(16)20(18)14-17-9-5-7-11-21(17)23-3;/h4-11,14,18H,12-13,15H2,1-3H3;1H/b20-14-;. The molecule has 0 amide bonds. The molecule has 2 aromatic carbocycles. The van der Waals surface area contributed by atoms with E-state index in [1.165, 1.54) is 23.1 Å². The number of nitrogens with zero attached hydrogens (tertiary/aromatic N) is 1. The minimum atomic E-state index is 0. The third kappa shape index (κ3) is 4.00. The molecule has 0 radical (unpaired) electrons. The van der Waals surface area contributed by atoms with Crippen molar-refractivity contribution in [1.29, 1.82) is 0 Å². The van der Waals surface area contributed by atoms with Crippen molar-refractivity contribution in [3.63, 3.8) is 0 Å². The summed E-state index contributed by atoms with van der Waals surface area (Å²) in [6.07, 6.45) is 4.69. The van der Waals surface area contributed by atoms with E-state index in [0.29, 0.717) is 5.92 Å². The number of halogens is 1. The Morgan fingerprint density at radius 3 is 2.54 bits per heavy atom. The lowest BCUT2D eigenvalue weighted by Crippen LogP contribution is -2.25. The third-order valence-electron chi connectivity index (χ3n) is 4.57. The number of ether oxygens (including phenoxy) is 1. The lowest BCUT2D eigenvalue weighted by molar-refractivity contribution is 0.351. The van der Waals surface area contributed by atoms with E-state index >= 15 is 0 Å². The Morgan fingerprint density at radius 1 is 1.08 bits per heavy atom. The first-order valence-electron chi connectivity index (χ1n) is 8.26. The van der Waals surface area contributed by atoms with Crippen LogP contribution in [-0.2, 0) is 6.42 Å². The number of para-hydroxylation sites is 1. The Balaban J connectivity index is 0.00000208. The normalized spacial score (nSPS) is 18.2. The van der Waals surface area contributed by atoms with Gasteiger partial charge in [-0.05, 0) is 61.7 Å². The molecule has 0 saturated heterocycles. The van der Waals surface area contributed by atoms with Gasteiger partial charge in [-0.15, -0.1) is 12.4 Å². The van der Waals surface area contributed by atoms with Gasteiger partial charge in [-0.3, -0.25) is 0 Å². The van der Waals surface area contributed by atoms with Gasteiger partial charge in [0, 0.05) is 12.1 Å². The first-order valence-corrected chi connectivity index (χ1v) is 8.26. The van der Waals surface area contributed by atoms with Gasteiger partial charge in [0.2, 0.25) is 0 Å². The molecule has 2 aromatic rings. The predicted octanol–water partition coefficient (Wildman–Crippen LogP) is 4.78. The highest BCUT2D eigenvalue weighted by molar-refractivity contribution is 5.86. The van der Waals surface area contributed by atoms with Crippen LogP contribution in [0, 0.1) is 5.92 Å². The number of aryl methyl sites for hydroxylation is 1. The highest BCUT2D eigenvalue weighted by atomic mass is 35.5. The minimum Gasteiger partial charge on any atom is -0.496 e. The molecule has 1 aliphatic rings. The molecule has 0 aliphatic heterocycles. The van der Waals surface area contributed by atoms with Gasteiger partial charge in [0.1, 0.15) is 5.75 Å². The zero-order valence-electron chi connectivity index (χ0n) is 14.7. The predicted molar refractivity (Wildman–Crippen MR) is 105 cm³/mol. The SMILES string of the molecule is COc1ccccc1/C=C1\c2ccccc2CCC1CN(C)C.Cl. The summed E-state index contributed by atoms with van der Waals surface area (Å²) in [5, 5.41) is 0. The second-order valence-corrected chi connectivity index (χ2v) is 6.50. The van der Waals surface area contributed by atoms with Gasteiger partial charge in [0.15, 0.2) is 0 Å². The monoisotopic (exact) mass is 343 g/mol. The molecule has 0 fully saturated rings. The van der Waals surface area contributed by atoms with Crippen molar-refractivity contribution in [3.05, 3.63) is 65.2 Å². The molecule has 24 heavy (non-hydrogen) atoms. The van der Waals surface area contributed by atoms with Crippen LogP contribution in [0.15, 0.2) is 48.5 Å². The van der Waals surface area contributed by atoms with Crippen molar-refractivity contribution < 1.29 is 4.74 Å². The van der Waals surface area contributed by atoms with Crippen LogP contribution >= 0.6 is 12.4 Å². The number of fused-ring (bicyclic) bond motifs is 1. The van der Waals surface area contributed by atoms with Gasteiger partial charge >= 0.3 is 0 Å². The maximum atomic E-state index is 5.54. The Hall–Kier alpha value is -1.77. The molecule has 3 rings (SSSR count). The van der Waals surface area contributed by atoms with Crippen LogP contribution in [0.2, 0.25) is 0 Å². The number of hydrogen-bond acceptors (Lipinski definition) is 2. The molecule has 0 spiro atoms. The zero-order chi connectivity index (χ0) is 16.2. The Bertz CT molecular complexity index is 708. The minimum absolute atomic E-state index is 0. The molecular weight excluding hydrogens is 318 g/mol. The fraction of sp³-hybridized carbons (Fsp3) is 0.333. The zero-order valence-corrected chi connectivity index (χ0v) is 15.5. The molecule has 0 bridgehead atoms. The average molecular weight is 344 g/mol. The van der Waals surface area contributed by atoms with E-state index in [1.807, 2.05) is 12.1 Å². The molecule has 0 aromatic heterocycles. The van der Waals surface area contributed by atoms with Crippen LogP contribution in [0.25, 0.3) is 11.6 Å². The molecule has 0 N–H and O–H groups in total. The topological polar surface area (TPSA) is 12.5 Å². The van der Waals surface area contributed by atoms with Crippen molar-refractivity contribution in [2.75, 3.05) is 27.7 Å². The lowest BCUT2D eigenvalue weighted by atomic mass is 9.78. The van der Waals surface area contributed by atoms with Gasteiger partial charge in [0.05, 0.1) is 7.11 Å². The maximum absolute atomic E-state index is 5.54. The van der Waals surface area contributed by atoms with Gasteiger partial charge < -0.3 is 9.64 Å². The molecule has 1 atom stereocenters. The highest BCUT2D eigenvalue weighted by Gasteiger charge is 2.24. The highest BCUT2D eigenvalue weighted by Crippen LogP contribution is 2.38. The van der Waals surface area contributed by atoms with Gasteiger partial charge in [-0.1, -0.05) is 42.5 Å². The van der Waals surface area contributed by atoms with Crippen LogP contribution in [-0.4, -0.2) is 32.6 Å². The first kappa shape index (κ1) is 18.6. The quantitative estimate of drug-likeness (QED) is 0.792. The lowest BCUT2D eigenvalue weighted by Gasteiger charge is -2.30. The van der Waals surface area contributed by atoms with Crippen molar-refractivity contribution in [1.82, 2.24) is 4.90 Å². The summed E-state index contributed by atoms with van der Waals surface area (Å²) in [5.41, 5.74) is 5.45. The summed E-state index contributed by atoms with van der Waals surface area (Å²) in [6.45, 7) is 1.08. The van der Waals surface area contributed by atoms with Crippen LogP contribution in [0.4, 0.5) is 0 Å². The van der Waals surface area contributed by atoms with E-state index in [1.54, 1.807) is 7.11 Å². The smallest absolute Gasteiger partial charge is 0.126 e. The number of benzene rings is 2. The van der Waals surface area contributed by atoms with E-state index in [9.17, 15) is 0 Å². The largest absolute Gasteiger partial charge is 0.496 e. The van der Waals surface area contributed by atoms with Gasteiger partial charge in [-0.2, -0.15) is 0 Å². The summed E-state index contributed by atoms with van der Waals surface area (Å²) >= 11 is 0. The van der Waals surface area contributed by atoms with Crippen LogP contribution in [0.5, 0.6) is 5.75 Å². The van der Waals surface area contributed by atoms with E-state index in [-0.39, 0.29) is 12.4 Å². The van der Waals surface area contributed by atoms with Gasteiger partial charge in [-0.25, -0.2) is 0 Å². The Morgan fingerprint density at radius 2 is 1.79 bits per heavy atom. The van der Waals surface area contributed by atoms with Crippen LogP contribution in [0.3, 0.4) is 0 Å². The van der Waals surface area contributed by atoms with Crippen molar-refractivity contribution >= 4 is 24.1 Å². The molecule has 2 nitrogen and oxygen atoms in total. The van der Waals surface area contributed by atoms with Crippen molar-refractivity contribution in [2.24, 2.45) is 5.92 Å².